The molecule has 0 N–H and O–H groups in total. The first-order valence-electron chi connectivity index (χ1n) is 5.28. The van der Waals surface area contributed by atoms with Crippen LogP contribution in [0.1, 0.15) is 33.6 Å². The molecule has 0 saturated carbocycles. The predicted molar refractivity (Wildman–Crippen MR) is 70.3 cm³/mol. The van der Waals surface area contributed by atoms with Crippen molar-refractivity contribution in [3.63, 3.8) is 0 Å². The molecule has 0 amide bonds. The molecule has 1 heterocycles. The Balaban J connectivity index is 2.86. The molecule has 0 saturated heterocycles. The lowest BCUT2D eigenvalue weighted by Gasteiger charge is -2.20. The maximum atomic E-state index is 12.5. The molecule has 0 bridgehead atoms. The molecule has 0 spiro atoms. The first-order valence-corrected chi connectivity index (χ1v) is 8.32. The Morgan fingerprint density at radius 2 is 2.19 bits per heavy atom. The summed E-state index contributed by atoms with van der Waals surface area (Å²) in [6, 6.07) is 0. The van der Waals surface area contributed by atoms with E-state index in [4.69, 9.17) is 20.6 Å². The van der Waals surface area contributed by atoms with E-state index >= 15 is 0 Å². The second-order valence-electron chi connectivity index (χ2n) is 4.18. The van der Waals surface area contributed by atoms with Gasteiger partial charge in [0.2, 0.25) is 0 Å². The highest BCUT2D eigenvalue weighted by molar-refractivity contribution is 9.09. The molecule has 0 aliphatic carbocycles. The summed E-state index contributed by atoms with van der Waals surface area (Å²) in [4.78, 5) is 0. The van der Waals surface area contributed by atoms with Crippen molar-refractivity contribution in [1.29, 1.82) is 0 Å². The quantitative estimate of drug-likeness (QED) is 0.418. The van der Waals surface area contributed by atoms with Gasteiger partial charge in [-0.05, 0) is 20.3 Å². The van der Waals surface area contributed by atoms with Crippen LogP contribution in [0.15, 0.2) is 10.3 Å². The second kappa shape index (κ2) is 5.53. The number of rotatable bonds is 5. The van der Waals surface area contributed by atoms with Crippen LogP contribution < -0.4 is 0 Å². The topological polar surface area (TPSA) is 35.5 Å². The minimum atomic E-state index is -3.19. The molecule has 0 aromatic carbocycles. The third-order valence-electron chi connectivity index (χ3n) is 2.35. The highest BCUT2D eigenvalue weighted by atomic mass is 79.9. The molecule has 0 radical (unpaired) electrons. The first kappa shape index (κ1) is 14.7. The van der Waals surface area contributed by atoms with E-state index in [9.17, 15) is 4.57 Å². The van der Waals surface area contributed by atoms with Gasteiger partial charge < -0.3 is 4.52 Å². The van der Waals surface area contributed by atoms with Crippen LogP contribution in [0.3, 0.4) is 0 Å². The van der Waals surface area contributed by atoms with Gasteiger partial charge in [0.15, 0.2) is 0 Å². The molecule has 6 heteroatoms. The fraction of sp³-hybridized carbons (Fsp3) is 0.800. The van der Waals surface area contributed by atoms with Gasteiger partial charge in [-0.15, -0.1) is 0 Å². The van der Waals surface area contributed by atoms with Crippen molar-refractivity contribution in [3.05, 3.63) is 10.3 Å². The maximum absolute atomic E-state index is 12.5. The summed E-state index contributed by atoms with van der Waals surface area (Å²) >= 11 is 9.42. The minimum absolute atomic E-state index is 0.415. The zero-order valence-electron chi connectivity index (χ0n) is 9.76. The second-order valence-corrected chi connectivity index (χ2v) is 7.09. The van der Waals surface area contributed by atoms with Gasteiger partial charge in [0.1, 0.15) is 5.60 Å². The van der Waals surface area contributed by atoms with Crippen molar-refractivity contribution in [2.45, 2.75) is 39.2 Å². The Kier molecular flexibility index (Phi) is 5.09. The Bertz CT molecular complexity index is 341. The normalized spacial score (nSPS) is 28.8. The van der Waals surface area contributed by atoms with E-state index in [1.165, 1.54) is 0 Å². The van der Waals surface area contributed by atoms with Gasteiger partial charge >= 0.3 is 7.60 Å². The molecule has 16 heavy (non-hydrogen) atoms. The SMILES string of the molecule is CCCCOP1(=O)OC(C)(C)C(Cl)=C1CBr. The molecule has 0 fully saturated rings. The van der Waals surface area contributed by atoms with Crippen molar-refractivity contribution >= 4 is 35.1 Å². The molecule has 1 unspecified atom stereocenters. The molecule has 1 atom stereocenters. The standard InChI is InChI=1S/C10H17BrClO3P/c1-4-5-6-14-16(13)8(7-11)9(12)10(2,3)15-16/h4-7H2,1-3H3. The monoisotopic (exact) mass is 330 g/mol. The first-order chi connectivity index (χ1) is 7.37. The highest BCUT2D eigenvalue weighted by Gasteiger charge is 2.48. The Morgan fingerprint density at radius 3 is 2.69 bits per heavy atom. The van der Waals surface area contributed by atoms with E-state index in [0.29, 0.717) is 22.3 Å². The van der Waals surface area contributed by atoms with E-state index in [1.807, 2.05) is 6.92 Å². The number of hydrogen-bond acceptors (Lipinski definition) is 3. The number of allylic oxidation sites excluding steroid dienone is 1. The lowest BCUT2D eigenvalue weighted by Crippen LogP contribution is -2.18. The molecule has 94 valence electrons. The van der Waals surface area contributed by atoms with Gasteiger partial charge in [-0.1, -0.05) is 40.9 Å². The zero-order chi connectivity index (χ0) is 12.4. The van der Waals surface area contributed by atoms with Crippen LogP contribution >= 0.6 is 35.1 Å². The third kappa shape index (κ3) is 2.91. The predicted octanol–water partition coefficient (Wildman–Crippen LogP) is 4.65. The highest BCUT2D eigenvalue weighted by Crippen LogP contribution is 2.67. The van der Waals surface area contributed by atoms with Crippen LogP contribution in [0.4, 0.5) is 0 Å². The molecular weight excluding hydrogens is 314 g/mol. The van der Waals surface area contributed by atoms with Crippen LogP contribution in [-0.2, 0) is 13.6 Å². The molecule has 1 aliphatic rings. The van der Waals surface area contributed by atoms with E-state index in [0.717, 1.165) is 12.8 Å². The fourth-order valence-corrected chi connectivity index (χ4v) is 5.30. The van der Waals surface area contributed by atoms with Crippen LogP contribution in [0.2, 0.25) is 0 Å². The average Bonchev–Trinajstić information content (AvgIpc) is 2.34. The van der Waals surface area contributed by atoms with Gasteiger partial charge in [-0.3, -0.25) is 9.09 Å². The number of unbranched alkanes of at least 4 members (excludes halogenated alkanes) is 1. The van der Waals surface area contributed by atoms with Gasteiger partial charge in [0.25, 0.3) is 0 Å². The van der Waals surface area contributed by atoms with Crippen LogP contribution in [-0.4, -0.2) is 17.5 Å². The lowest BCUT2D eigenvalue weighted by atomic mass is 10.1. The molecule has 0 aromatic rings. The summed E-state index contributed by atoms with van der Waals surface area (Å²) in [5.74, 6) is 0. The van der Waals surface area contributed by atoms with Gasteiger partial charge in [-0.25, -0.2) is 0 Å². The summed E-state index contributed by atoms with van der Waals surface area (Å²) in [5.41, 5.74) is -0.716. The summed E-state index contributed by atoms with van der Waals surface area (Å²) in [6.07, 6.45) is 1.85. The van der Waals surface area contributed by atoms with Crippen LogP contribution in [0.25, 0.3) is 0 Å². The molecule has 1 rings (SSSR count). The van der Waals surface area contributed by atoms with Crippen molar-refractivity contribution < 1.29 is 13.6 Å². The number of hydrogen-bond donors (Lipinski definition) is 0. The molecular formula is C10H17BrClO3P. The minimum Gasteiger partial charge on any atom is -0.305 e. The number of alkyl halides is 1. The zero-order valence-corrected chi connectivity index (χ0v) is 13.0. The van der Waals surface area contributed by atoms with E-state index in [1.54, 1.807) is 13.8 Å². The fourth-order valence-electron chi connectivity index (χ4n) is 1.43. The maximum Gasteiger partial charge on any atom is 0.360 e. The van der Waals surface area contributed by atoms with Gasteiger partial charge in [0, 0.05) is 5.33 Å². The van der Waals surface area contributed by atoms with Gasteiger partial charge in [0.05, 0.1) is 17.0 Å². The third-order valence-corrected chi connectivity index (χ3v) is 6.42. The van der Waals surface area contributed by atoms with Crippen molar-refractivity contribution in [1.82, 2.24) is 0 Å². The molecule has 1 aliphatic heterocycles. The summed E-state index contributed by atoms with van der Waals surface area (Å²) in [5, 5.41) is 1.46. The molecule has 3 nitrogen and oxygen atoms in total. The smallest absolute Gasteiger partial charge is 0.305 e. The average molecular weight is 332 g/mol. The summed E-state index contributed by atoms with van der Waals surface area (Å²) < 4.78 is 23.4. The number of halogens is 2. The van der Waals surface area contributed by atoms with Gasteiger partial charge in [-0.2, -0.15) is 0 Å². The van der Waals surface area contributed by atoms with Crippen LogP contribution in [0, 0.1) is 0 Å². The van der Waals surface area contributed by atoms with Crippen molar-refractivity contribution in [2.75, 3.05) is 11.9 Å². The van der Waals surface area contributed by atoms with E-state index in [-0.39, 0.29) is 0 Å². The lowest BCUT2D eigenvalue weighted by molar-refractivity contribution is 0.130. The largest absolute Gasteiger partial charge is 0.360 e. The Hall–Kier alpha value is 0.660. The Morgan fingerprint density at radius 1 is 1.56 bits per heavy atom. The summed E-state index contributed by atoms with van der Waals surface area (Å²) in [7, 11) is -3.19. The molecule has 0 aromatic heterocycles. The Labute approximate surface area is 110 Å². The van der Waals surface area contributed by atoms with Crippen molar-refractivity contribution in [3.8, 4) is 0 Å². The summed E-state index contributed by atoms with van der Waals surface area (Å²) in [6.45, 7) is 6.07. The van der Waals surface area contributed by atoms with Crippen LogP contribution in [0.5, 0.6) is 0 Å². The van der Waals surface area contributed by atoms with Crippen molar-refractivity contribution in [2.24, 2.45) is 0 Å². The van der Waals surface area contributed by atoms with E-state index in [2.05, 4.69) is 15.9 Å². The van der Waals surface area contributed by atoms with E-state index < -0.39 is 13.2 Å².